The number of esters is 1. The summed E-state index contributed by atoms with van der Waals surface area (Å²) in [6, 6.07) is 18.9. The lowest BCUT2D eigenvalue weighted by Gasteiger charge is -2.22. The maximum absolute atomic E-state index is 13.6. The molecule has 0 unspecified atom stereocenters. The van der Waals surface area contributed by atoms with E-state index in [0.29, 0.717) is 11.0 Å². The highest BCUT2D eigenvalue weighted by atomic mass is 19.1. The molecule has 288 valence electrons. The maximum Gasteiger partial charge on any atom is 0.426 e. The number of rotatable bonds is 16. The van der Waals surface area contributed by atoms with Crippen molar-refractivity contribution in [3.05, 3.63) is 107 Å². The van der Waals surface area contributed by atoms with Gasteiger partial charge in [0.15, 0.2) is 0 Å². The normalized spacial score (nSPS) is 10.8. The molecule has 17 nitrogen and oxygen atoms in total. The van der Waals surface area contributed by atoms with Crippen LogP contribution in [0.2, 0.25) is 0 Å². The Hall–Kier alpha value is -6.79. The van der Waals surface area contributed by atoms with Gasteiger partial charge in [0.25, 0.3) is 0 Å². The Balaban J connectivity index is 1.59. The van der Waals surface area contributed by atoms with Crippen molar-refractivity contribution in [3.63, 3.8) is 0 Å². The van der Waals surface area contributed by atoms with Crippen LogP contribution in [0.25, 0.3) is 0 Å². The molecule has 3 aromatic rings. The minimum atomic E-state index is -1.46. The smallest absolute Gasteiger partial charge is 0.426 e. The maximum atomic E-state index is 13.6. The number of methoxy groups -OCH3 is 1. The van der Waals surface area contributed by atoms with Crippen molar-refractivity contribution in [1.82, 2.24) is 31.9 Å². The molecule has 0 saturated heterocycles. The average Bonchev–Trinajstić information content (AvgIpc) is 3.14. The first-order valence-corrected chi connectivity index (χ1v) is 16.2. The van der Waals surface area contributed by atoms with Gasteiger partial charge in [0.2, 0.25) is 17.8 Å². The van der Waals surface area contributed by atoms with E-state index in [1.165, 1.54) is 0 Å². The molecule has 3 aromatic carbocycles. The summed E-state index contributed by atoms with van der Waals surface area (Å²) in [5, 5.41) is 11.7. The number of carbonyl (C=O) groups is 6. The molecule has 4 amide bonds. The van der Waals surface area contributed by atoms with Gasteiger partial charge in [0.1, 0.15) is 44.0 Å². The molecule has 19 heteroatoms. The second-order valence-electron chi connectivity index (χ2n) is 11.2. The quantitative estimate of drug-likeness (QED) is 0.0309. The van der Waals surface area contributed by atoms with Crippen molar-refractivity contribution in [1.29, 1.82) is 0 Å². The van der Waals surface area contributed by atoms with Crippen LogP contribution in [-0.4, -0.2) is 84.7 Å². The number of hydrogen-bond acceptors (Lipinski definition) is 10. The fraction of sp³-hybridized carbons (Fsp3) is 0.286. The van der Waals surface area contributed by atoms with Gasteiger partial charge in [0, 0.05) is 12.6 Å². The number of nitrogens with one attached hydrogen (secondary N) is 5. The van der Waals surface area contributed by atoms with E-state index in [1.54, 1.807) is 60.7 Å². The van der Waals surface area contributed by atoms with Crippen molar-refractivity contribution in [2.24, 2.45) is 4.99 Å². The van der Waals surface area contributed by atoms with Crippen LogP contribution >= 0.6 is 0 Å². The van der Waals surface area contributed by atoms with Crippen LogP contribution in [0, 0.1) is 11.6 Å². The Bertz CT molecular complexity index is 1690. The summed E-state index contributed by atoms with van der Waals surface area (Å²) in [5.41, 5.74) is 10.8. The Morgan fingerprint density at radius 3 is 1.80 bits per heavy atom. The first-order chi connectivity index (χ1) is 25.9. The van der Waals surface area contributed by atoms with Crippen molar-refractivity contribution in [3.8, 4) is 0 Å². The van der Waals surface area contributed by atoms with E-state index in [-0.39, 0.29) is 44.1 Å². The number of carboxylic acid groups (broad SMARTS) is 1. The SMILES string of the molecule is COC(=O)[C@H](CCCN=C(NNC(=O)OCc1ccccc1)NNC(=O)OCc1ccccc1)NC(=O)CN(CC(=O)O)C(=O)Cc1cc(F)cc(F)c1. The third kappa shape index (κ3) is 16.0. The summed E-state index contributed by atoms with van der Waals surface area (Å²) in [4.78, 5) is 79.0. The van der Waals surface area contributed by atoms with Crippen LogP contribution in [0.1, 0.15) is 29.5 Å². The minimum Gasteiger partial charge on any atom is -0.480 e. The van der Waals surface area contributed by atoms with Crippen LogP contribution in [0.3, 0.4) is 0 Å². The molecule has 0 fully saturated rings. The lowest BCUT2D eigenvalue weighted by atomic mass is 10.1. The third-order valence-electron chi connectivity index (χ3n) is 7.02. The van der Waals surface area contributed by atoms with Crippen LogP contribution in [0.15, 0.2) is 83.9 Å². The summed E-state index contributed by atoms with van der Waals surface area (Å²) < 4.78 is 42.3. The summed E-state index contributed by atoms with van der Waals surface area (Å²) in [6.07, 6.45) is -2.33. The molecule has 0 aliphatic heterocycles. The standard InChI is InChI=1S/C35H39F2N7O10/c1-52-32(49)28(39-29(45)19-44(20-31(47)48)30(46)17-25-15-26(36)18-27(37)16-25)13-8-14-38-33(40-42-34(50)53-21-23-9-4-2-5-10-23)41-43-35(51)54-22-24-11-6-3-7-12-24/h2-7,9-12,15-16,18,28H,8,13-14,17,19-22H2,1H3,(H,39,45)(H,42,50)(H,43,51)(H,47,48)(H2,38,40,41)/t28-/m0/s1. The number of amides is 4. The molecule has 0 bridgehead atoms. The molecule has 0 spiro atoms. The molecule has 0 aromatic heterocycles. The third-order valence-corrected chi connectivity index (χ3v) is 7.02. The van der Waals surface area contributed by atoms with E-state index in [0.717, 1.165) is 30.4 Å². The molecule has 3 rings (SSSR count). The van der Waals surface area contributed by atoms with Gasteiger partial charge in [0.05, 0.1) is 13.5 Å². The number of benzene rings is 3. The highest BCUT2D eigenvalue weighted by Crippen LogP contribution is 2.10. The summed E-state index contributed by atoms with van der Waals surface area (Å²) in [7, 11) is 1.08. The van der Waals surface area contributed by atoms with Gasteiger partial charge in [-0.3, -0.25) is 30.2 Å². The van der Waals surface area contributed by atoms with Crippen molar-refractivity contribution in [2.45, 2.75) is 38.5 Å². The van der Waals surface area contributed by atoms with Crippen molar-refractivity contribution < 1.29 is 56.9 Å². The minimum absolute atomic E-state index is 0.0336. The fourth-order valence-electron chi connectivity index (χ4n) is 4.53. The zero-order valence-corrected chi connectivity index (χ0v) is 29.0. The Morgan fingerprint density at radius 2 is 1.30 bits per heavy atom. The number of aliphatic carboxylic acids is 1. The number of hydrazine groups is 2. The Morgan fingerprint density at radius 1 is 0.759 bits per heavy atom. The van der Waals surface area contributed by atoms with Crippen LogP contribution in [-0.2, 0) is 53.0 Å². The van der Waals surface area contributed by atoms with Gasteiger partial charge in [-0.2, -0.15) is 0 Å². The van der Waals surface area contributed by atoms with E-state index in [9.17, 15) is 42.7 Å². The first kappa shape index (κ1) is 41.6. The van der Waals surface area contributed by atoms with E-state index in [1.807, 2.05) is 0 Å². The monoisotopic (exact) mass is 755 g/mol. The average molecular weight is 756 g/mol. The van der Waals surface area contributed by atoms with Crippen molar-refractivity contribution in [2.75, 3.05) is 26.7 Å². The second-order valence-corrected chi connectivity index (χ2v) is 11.2. The van der Waals surface area contributed by atoms with Gasteiger partial charge >= 0.3 is 24.1 Å². The van der Waals surface area contributed by atoms with E-state index in [4.69, 9.17) is 14.2 Å². The zero-order valence-electron chi connectivity index (χ0n) is 29.0. The highest BCUT2D eigenvalue weighted by Gasteiger charge is 2.25. The Kier molecular flexibility index (Phi) is 17.1. The van der Waals surface area contributed by atoms with Gasteiger partial charge < -0.3 is 29.5 Å². The lowest BCUT2D eigenvalue weighted by Crippen LogP contribution is -2.53. The fourth-order valence-corrected chi connectivity index (χ4v) is 4.53. The van der Waals surface area contributed by atoms with Gasteiger partial charge in [-0.15, -0.1) is 0 Å². The zero-order chi connectivity index (χ0) is 39.3. The molecule has 0 saturated carbocycles. The van der Waals surface area contributed by atoms with Gasteiger partial charge in [-0.05, 0) is 41.7 Å². The molecule has 0 radical (unpaired) electrons. The summed E-state index contributed by atoms with van der Waals surface area (Å²) in [6.45, 7) is -1.84. The van der Waals surface area contributed by atoms with Crippen LogP contribution < -0.4 is 27.0 Å². The molecular weight excluding hydrogens is 716 g/mol. The van der Waals surface area contributed by atoms with Crippen LogP contribution in [0.5, 0.6) is 0 Å². The molecule has 1 atom stereocenters. The predicted octanol–water partition coefficient (Wildman–Crippen LogP) is 2.08. The van der Waals surface area contributed by atoms with E-state index in [2.05, 4.69) is 32.0 Å². The number of hydrogen-bond donors (Lipinski definition) is 6. The number of carbonyl (C=O) groups excluding carboxylic acids is 5. The topological polar surface area (TPSA) is 226 Å². The highest BCUT2D eigenvalue weighted by molar-refractivity contribution is 5.90. The summed E-state index contributed by atoms with van der Waals surface area (Å²) in [5.74, 6) is -6.22. The van der Waals surface area contributed by atoms with Crippen molar-refractivity contribution >= 4 is 41.9 Å². The lowest BCUT2D eigenvalue weighted by molar-refractivity contribution is -0.148. The Labute approximate surface area is 308 Å². The van der Waals surface area contributed by atoms with Gasteiger partial charge in [-0.25, -0.2) is 34.0 Å². The first-order valence-electron chi connectivity index (χ1n) is 16.2. The number of carboxylic acids is 1. The number of nitrogens with zero attached hydrogens (tertiary/aromatic N) is 2. The van der Waals surface area contributed by atoms with E-state index < -0.39 is 73.1 Å². The predicted molar refractivity (Wildman–Crippen MR) is 186 cm³/mol. The molecular formula is C35H39F2N7O10. The number of guanidine groups is 1. The van der Waals surface area contributed by atoms with E-state index >= 15 is 0 Å². The second kappa shape index (κ2) is 22.2. The molecule has 54 heavy (non-hydrogen) atoms. The number of aliphatic imine (C=N–C) groups is 1. The van der Waals surface area contributed by atoms with Gasteiger partial charge in [-0.1, -0.05) is 60.7 Å². The molecule has 0 aliphatic rings. The van der Waals surface area contributed by atoms with Crippen LogP contribution in [0.4, 0.5) is 18.4 Å². The largest absolute Gasteiger partial charge is 0.480 e. The molecule has 0 aliphatic carbocycles. The molecule has 6 N–H and O–H groups in total. The summed E-state index contributed by atoms with van der Waals surface area (Å²) >= 11 is 0. The number of halogens is 2. The number of ether oxygens (including phenoxy) is 3. The molecule has 0 heterocycles.